The number of carbonyl (C=O) groups excluding carboxylic acids is 1. The maximum Gasteiger partial charge on any atom is 0.160 e. The number of hydrogen-bond acceptors (Lipinski definition) is 2. The van der Waals surface area contributed by atoms with Gasteiger partial charge in [0.1, 0.15) is 0 Å². The number of halogens is 1. The van der Waals surface area contributed by atoms with Crippen LogP contribution in [0.15, 0.2) is 30.3 Å². The van der Waals surface area contributed by atoms with E-state index in [4.69, 9.17) is 11.6 Å². The molecule has 0 saturated heterocycles. The summed E-state index contributed by atoms with van der Waals surface area (Å²) in [7, 11) is 4.02. The van der Waals surface area contributed by atoms with Gasteiger partial charge in [-0.2, -0.15) is 0 Å². The normalized spacial score (nSPS) is 13.0. The molecule has 3 heteroatoms. The van der Waals surface area contributed by atoms with Crippen LogP contribution in [0, 0.1) is 5.92 Å². The Hall–Kier alpha value is -1.12. The minimum absolute atomic E-state index is 0.0743. The fourth-order valence-corrected chi connectivity index (χ4v) is 2.52. The van der Waals surface area contributed by atoms with Gasteiger partial charge in [0.15, 0.2) is 5.78 Å². The van der Waals surface area contributed by atoms with Crippen molar-refractivity contribution in [2.45, 2.75) is 32.6 Å². The van der Waals surface area contributed by atoms with E-state index in [9.17, 15) is 4.79 Å². The van der Waals surface area contributed by atoms with E-state index in [1.165, 1.54) is 12.8 Å². The lowest BCUT2D eigenvalue weighted by Gasteiger charge is -2.18. The van der Waals surface area contributed by atoms with Gasteiger partial charge in [-0.25, -0.2) is 0 Å². The first-order chi connectivity index (χ1) is 10.0. The first-order valence-corrected chi connectivity index (χ1v) is 8.03. The second kappa shape index (κ2) is 9.75. The van der Waals surface area contributed by atoms with E-state index in [0.717, 1.165) is 24.9 Å². The SMILES string of the molecule is CCCCCC(CN(C)C)C(=O)/C=C/c1ccccc1Cl. The van der Waals surface area contributed by atoms with Gasteiger partial charge in [0.2, 0.25) is 0 Å². The number of ketones is 1. The molecule has 1 aromatic carbocycles. The third-order valence-electron chi connectivity index (χ3n) is 3.48. The molecule has 1 rings (SSSR count). The van der Waals surface area contributed by atoms with Gasteiger partial charge in [0.05, 0.1) is 0 Å². The zero-order chi connectivity index (χ0) is 15.7. The van der Waals surface area contributed by atoms with Crippen LogP contribution in [-0.4, -0.2) is 31.3 Å². The molecule has 1 unspecified atom stereocenters. The number of nitrogens with zero attached hydrogens (tertiary/aromatic N) is 1. The average molecular weight is 308 g/mol. The van der Waals surface area contributed by atoms with E-state index in [-0.39, 0.29) is 11.7 Å². The number of benzene rings is 1. The van der Waals surface area contributed by atoms with E-state index in [1.54, 1.807) is 6.08 Å². The predicted octanol–water partition coefficient (Wildman–Crippen LogP) is 4.68. The summed E-state index contributed by atoms with van der Waals surface area (Å²) in [5.74, 6) is 0.269. The topological polar surface area (TPSA) is 20.3 Å². The van der Waals surface area contributed by atoms with Gasteiger partial charge in [-0.15, -0.1) is 0 Å². The molecule has 0 amide bonds. The lowest BCUT2D eigenvalue weighted by molar-refractivity contribution is -0.118. The highest BCUT2D eigenvalue weighted by atomic mass is 35.5. The van der Waals surface area contributed by atoms with E-state index < -0.39 is 0 Å². The minimum Gasteiger partial charge on any atom is -0.309 e. The largest absolute Gasteiger partial charge is 0.309 e. The first kappa shape index (κ1) is 17.9. The van der Waals surface area contributed by atoms with Crippen molar-refractivity contribution in [3.63, 3.8) is 0 Å². The Morgan fingerprint density at radius 1 is 1.29 bits per heavy atom. The van der Waals surface area contributed by atoms with Crippen LogP contribution in [0.4, 0.5) is 0 Å². The Bertz CT molecular complexity index is 468. The van der Waals surface area contributed by atoms with Crippen LogP contribution in [0.25, 0.3) is 6.08 Å². The summed E-state index contributed by atoms with van der Waals surface area (Å²) in [6.07, 6.45) is 7.94. The third-order valence-corrected chi connectivity index (χ3v) is 3.82. The molecule has 0 radical (unpaired) electrons. The molecule has 1 atom stereocenters. The molecule has 0 aromatic heterocycles. The summed E-state index contributed by atoms with van der Waals surface area (Å²) in [6.45, 7) is 2.98. The number of hydrogen-bond donors (Lipinski definition) is 0. The van der Waals surface area contributed by atoms with Crippen molar-refractivity contribution in [1.82, 2.24) is 4.90 Å². The van der Waals surface area contributed by atoms with Gasteiger partial charge < -0.3 is 4.90 Å². The van der Waals surface area contributed by atoms with E-state index >= 15 is 0 Å². The highest BCUT2D eigenvalue weighted by molar-refractivity contribution is 6.32. The van der Waals surface area contributed by atoms with Crippen molar-refractivity contribution < 1.29 is 4.79 Å². The zero-order valence-electron chi connectivity index (χ0n) is 13.3. The summed E-state index contributed by atoms with van der Waals surface area (Å²) >= 11 is 6.10. The molecule has 1 aromatic rings. The van der Waals surface area contributed by atoms with E-state index in [2.05, 4.69) is 11.8 Å². The fourth-order valence-electron chi connectivity index (χ4n) is 2.32. The van der Waals surface area contributed by atoms with Crippen LogP contribution in [0.3, 0.4) is 0 Å². The standard InChI is InChI=1S/C18H26ClNO/c1-4-5-6-10-16(14-20(2)3)18(21)13-12-15-9-7-8-11-17(15)19/h7-9,11-13,16H,4-6,10,14H2,1-3H3/b13-12+. The highest BCUT2D eigenvalue weighted by Crippen LogP contribution is 2.18. The Labute approximate surface area is 133 Å². The van der Waals surface area contributed by atoms with Crippen molar-refractivity contribution in [2.75, 3.05) is 20.6 Å². The lowest BCUT2D eigenvalue weighted by Crippen LogP contribution is -2.27. The Balaban J connectivity index is 2.68. The molecule has 0 bridgehead atoms. The molecule has 0 saturated carbocycles. The lowest BCUT2D eigenvalue weighted by atomic mass is 9.95. The second-order valence-corrected chi connectivity index (χ2v) is 6.12. The molecule has 116 valence electrons. The van der Waals surface area contributed by atoms with Crippen LogP contribution in [0.5, 0.6) is 0 Å². The molecular weight excluding hydrogens is 282 g/mol. The summed E-state index contributed by atoms with van der Waals surface area (Å²) in [5, 5.41) is 0.677. The zero-order valence-corrected chi connectivity index (χ0v) is 14.1. The Kier molecular flexibility index (Phi) is 8.33. The van der Waals surface area contributed by atoms with Gasteiger partial charge >= 0.3 is 0 Å². The monoisotopic (exact) mass is 307 g/mol. The van der Waals surface area contributed by atoms with Crippen molar-refractivity contribution in [2.24, 2.45) is 5.92 Å². The number of carbonyl (C=O) groups is 1. The number of allylic oxidation sites excluding steroid dienone is 1. The van der Waals surface area contributed by atoms with Gasteiger partial charge in [0.25, 0.3) is 0 Å². The maximum absolute atomic E-state index is 12.4. The molecule has 2 nitrogen and oxygen atoms in total. The second-order valence-electron chi connectivity index (χ2n) is 5.71. The van der Waals surface area contributed by atoms with E-state index in [0.29, 0.717) is 5.02 Å². The van der Waals surface area contributed by atoms with Crippen molar-refractivity contribution in [1.29, 1.82) is 0 Å². The summed E-state index contributed by atoms with van der Waals surface area (Å²) in [5.41, 5.74) is 0.893. The summed E-state index contributed by atoms with van der Waals surface area (Å²) < 4.78 is 0. The quantitative estimate of drug-likeness (QED) is 0.487. The van der Waals surface area contributed by atoms with Crippen molar-refractivity contribution in [3.05, 3.63) is 40.9 Å². The van der Waals surface area contributed by atoms with Gasteiger partial charge in [-0.05, 0) is 44.3 Å². The molecular formula is C18H26ClNO. The molecule has 0 fully saturated rings. The van der Waals surface area contributed by atoms with Crippen LogP contribution in [0.2, 0.25) is 5.02 Å². The summed E-state index contributed by atoms with van der Waals surface area (Å²) in [6, 6.07) is 7.57. The van der Waals surface area contributed by atoms with Crippen molar-refractivity contribution in [3.8, 4) is 0 Å². The van der Waals surface area contributed by atoms with Crippen LogP contribution in [-0.2, 0) is 4.79 Å². The minimum atomic E-state index is 0.0743. The summed E-state index contributed by atoms with van der Waals surface area (Å²) in [4.78, 5) is 14.5. The van der Waals surface area contributed by atoms with Crippen LogP contribution < -0.4 is 0 Å². The van der Waals surface area contributed by atoms with Gasteiger partial charge in [0, 0.05) is 17.5 Å². The van der Waals surface area contributed by atoms with Gasteiger partial charge in [-0.1, -0.05) is 56.0 Å². The molecule has 0 heterocycles. The molecule has 0 aliphatic heterocycles. The van der Waals surface area contributed by atoms with Crippen LogP contribution in [0.1, 0.15) is 38.2 Å². The molecule has 21 heavy (non-hydrogen) atoms. The first-order valence-electron chi connectivity index (χ1n) is 7.65. The third kappa shape index (κ3) is 6.92. The maximum atomic E-state index is 12.4. The average Bonchev–Trinajstić information content (AvgIpc) is 2.45. The van der Waals surface area contributed by atoms with Crippen molar-refractivity contribution >= 4 is 23.5 Å². The smallest absolute Gasteiger partial charge is 0.160 e. The molecule has 0 aliphatic rings. The Morgan fingerprint density at radius 2 is 2.00 bits per heavy atom. The molecule has 0 N–H and O–H groups in total. The number of rotatable bonds is 9. The highest BCUT2D eigenvalue weighted by Gasteiger charge is 2.16. The fraction of sp³-hybridized carbons (Fsp3) is 0.500. The predicted molar refractivity (Wildman–Crippen MR) is 91.7 cm³/mol. The van der Waals surface area contributed by atoms with Gasteiger partial charge in [-0.3, -0.25) is 4.79 Å². The van der Waals surface area contributed by atoms with Crippen LogP contribution >= 0.6 is 11.6 Å². The molecule has 0 spiro atoms. The number of unbranched alkanes of at least 4 members (excludes halogenated alkanes) is 2. The Morgan fingerprint density at radius 3 is 2.62 bits per heavy atom. The molecule has 0 aliphatic carbocycles. The van der Waals surface area contributed by atoms with E-state index in [1.807, 2.05) is 44.4 Å².